The van der Waals surface area contributed by atoms with Gasteiger partial charge < -0.3 is 9.47 Å². The smallest absolute Gasteiger partial charge is 0.270 e. The van der Waals surface area contributed by atoms with Crippen molar-refractivity contribution in [2.45, 2.75) is 20.5 Å². The first-order valence-corrected chi connectivity index (χ1v) is 11.8. The molecule has 3 aromatic carbocycles. The number of carbonyl (C=O) groups is 1. The number of ether oxygens (including phenoxy) is 2. The lowest BCUT2D eigenvalue weighted by atomic mass is 10.1. The predicted octanol–water partition coefficient (Wildman–Crippen LogP) is 6.17. The summed E-state index contributed by atoms with van der Waals surface area (Å²) in [4.78, 5) is 15.3. The van der Waals surface area contributed by atoms with E-state index in [1.165, 1.54) is 11.8 Å². The zero-order chi connectivity index (χ0) is 24.2. The molecular weight excluding hydrogens is 464 g/mol. The van der Waals surface area contributed by atoms with Crippen LogP contribution < -0.4 is 14.4 Å². The second kappa shape index (κ2) is 10.1. The molecule has 0 saturated carbocycles. The van der Waals surface area contributed by atoms with Crippen molar-refractivity contribution in [2.24, 2.45) is 0 Å². The van der Waals surface area contributed by atoms with E-state index in [1.807, 2.05) is 62.4 Å². The number of thiocarbonyl (C=S) groups is 1. The molecule has 1 heterocycles. The molecule has 34 heavy (non-hydrogen) atoms. The average molecular weight is 487 g/mol. The summed E-state index contributed by atoms with van der Waals surface area (Å²) in [5.74, 6) is 0.942. The summed E-state index contributed by atoms with van der Waals surface area (Å²) in [6.45, 7) is 4.24. The minimum Gasteiger partial charge on any atom is -0.493 e. The van der Waals surface area contributed by atoms with E-state index < -0.39 is 0 Å². The van der Waals surface area contributed by atoms with Gasteiger partial charge in [0.15, 0.2) is 15.8 Å². The molecule has 0 aliphatic carbocycles. The number of thioether (sulfide) groups is 1. The molecule has 0 bridgehead atoms. The van der Waals surface area contributed by atoms with Crippen LogP contribution in [0.15, 0.2) is 65.6 Å². The summed E-state index contributed by atoms with van der Waals surface area (Å²) in [7, 11) is 1.56. The van der Waals surface area contributed by atoms with Crippen LogP contribution in [0.5, 0.6) is 11.5 Å². The van der Waals surface area contributed by atoms with E-state index >= 15 is 0 Å². The Labute approximate surface area is 208 Å². The Balaban J connectivity index is 1.56. The van der Waals surface area contributed by atoms with Crippen molar-refractivity contribution in [1.29, 1.82) is 5.26 Å². The zero-order valence-corrected chi connectivity index (χ0v) is 20.6. The molecule has 0 spiro atoms. The van der Waals surface area contributed by atoms with Crippen molar-refractivity contribution >= 4 is 46.0 Å². The molecule has 3 aromatic rings. The Hall–Kier alpha value is -3.60. The van der Waals surface area contributed by atoms with Gasteiger partial charge in [-0.15, -0.1) is 0 Å². The highest BCUT2D eigenvalue weighted by molar-refractivity contribution is 8.27. The molecule has 170 valence electrons. The number of nitrogens with zero attached hydrogens (tertiary/aromatic N) is 2. The van der Waals surface area contributed by atoms with Gasteiger partial charge in [-0.25, -0.2) is 0 Å². The van der Waals surface area contributed by atoms with E-state index in [1.54, 1.807) is 30.2 Å². The molecular formula is C27H22N2O3S2. The molecule has 0 unspecified atom stereocenters. The first-order valence-electron chi connectivity index (χ1n) is 10.6. The van der Waals surface area contributed by atoms with Crippen molar-refractivity contribution in [3.8, 4) is 17.6 Å². The van der Waals surface area contributed by atoms with Crippen LogP contribution in [0, 0.1) is 25.2 Å². The Morgan fingerprint density at radius 2 is 1.88 bits per heavy atom. The summed E-state index contributed by atoms with van der Waals surface area (Å²) in [6, 6.07) is 20.9. The number of rotatable bonds is 6. The molecule has 0 atom stereocenters. The van der Waals surface area contributed by atoms with Crippen molar-refractivity contribution in [1.82, 2.24) is 0 Å². The minimum absolute atomic E-state index is 0.144. The first-order chi connectivity index (χ1) is 16.4. The number of hydrogen-bond acceptors (Lipinski definition) is 6. The maximum absolute atomic E-state index is 13.2. The maximum Gasteiger partial charge on any atom is 0.270 e. The highest BCUT2D eigenvalue weighted by Crippen LogP contribution is 2.38. The maximum atomic E-state index is 13.2. The molecule has 1 aliphatic heterocycles. The third-order valence-corrected chi connectivity index (χ3v) is 6.70. The molecule has 1 aliphatic rings. The zero-order valence-electron chi connectivity index (χ0n) is 19.0. The second-order valence-electron chi connectivity index (χ2n) is 7.77. The normalized spacial score (nSPS) is 14.4. The van der Waals surface area contributed by atoms with E-state index in [2.05, 4.69) is 6.07 Å². The number of aryl methyl sites for hydroxylation is 2. The molecule has 1 fully saturated rings. The van der Waals surface area contributed by atoms with Gasteiger partial charge in [0.05, 0.1) is 29.3 Å². The molecule has 1 amide bonds. The van der Waals surface area contributed by atoms with Crippen molar-refractivity contribution in [2.75, 3.05) is 12.0 Å². The highest BCUT2D eigenvalue weighted by Gasteiger charge is 2.34. The van der Waals surface area contributed by atoms with Crippen LogP contribution in [0.4, 0.5) is 5.69 Å². The SMILES string of the molecule is COc1cc(C=C2SC(=S)N(c3ccc(C)cc3C)C2=O)ccc1OCc1ccccc1C#N. The fourth-order valence-corrected chi connectivity index (χ4v) is 4.97. The predicted molar refractivity (Wildman–Crippen MR) is 140 cm³/mol. The van der Waals surface area contributed by atoms with Crippen LogP contribution in [0.2, 0.25) is 0 Å². The monoisotopic (exact) mass is 486 g/mol. The van der Waals surface area contributed by atoms with Crippen molar-refractivity contribution < 1.29 is 14.3 Å². The summed E-state index contributed by atoms with van der Waals surface area (Å²) >= 11 is 6.80. The first kappa shape index (κ1) is 23.6. The van der Waals surface area contributed by atoms with Gasteiger partial charge in [-0.05, 0) is 55.3 Å². The summed E-state index contributed by atoms with van der Waals surface area (Å²) < 4.78 is 11.9. The number of benzene rings is 3. The van der Waals surface area contributed by atoms with E-state index in [0.29, 0.717) is 26.3 Å². The van der Waals surface area contributed by atoms with Gasteiger partial charge in [0.2, 0.25) is 0 Å². The Bertz CT molecular complexity index is 1360. The third-order valence-electron chi connectivity index (χ3n) is 5.39. The number of amides is 1. The Kier molecular flexibility index (Phi) is 7.01. The van der Waals surface area contributed by atoms with E-state index in [0.717, 1.165) is 27.9 Å². The van der Waals surface area contributed by atoms with Crippen LogP contribution in [0.25, 0.3) is 6.08 Å². The third kappa shape index (κ3) is 4.84. The van der Waals surface area contributed by atoms with E-state index in [-0.39, 0.29) is 12.5 Å². The molecule has 0 N–H and O–H groups in total. The fraction of sp³-hybridized carbons (Fsp3) is 0.148. The van der Waals surface area contributed by atoms with Gasteiger partial charge in [0, 0.05) is 5.56 Å². The molecule has 0 aromatic heterocycles. The summed E-state index contributed by atoms with van der Waals surface area (Å²) in [6.07, 6.45) is 1.81. The number of anilines is 1. The molecule has 4 rings (SSSR count). The van der Waals surface area contributed by atoms with Gasteiger partial charge in [-0.1, -0.05) is 65.9 Å². The van der Waals surface area contributed by atoms with Crippen LogP contribution in [0.3, 0.4) is 0 Å². The average Bonchev–Trinajstić information content (AvgIpc) is 3.11. The van der Waals surface area contributed by atoms with E-state index in [4.69, 9.17) is 21.7 Å². The summed E-state index contributed by atoms with van der Waals surface area (Å²) in [5.41, 5.74) is 5.10. The number of hydrogen-bond donors (Lipinski definition) is 0. The minimum atomic E-state index is -0.144. The Morgan fingerprint density at radius 3 is 2.62 bits per heavy atom. The lowest BCUT2D eigenvalue weighted by Gasteiger charge is -2.17. The molecule has 7 heteroatoms. The summed E-state index contributed by atoms with van der Waals surface area (Å²) in [5, 5.41) is 9.27. The Morgan fingerprint density at radius 1 is 1.09 bits per heavy atom. The van der Waals surface area contributed by atoms with Crippen molar-refractivity contribution in [3.63, 3.8) is 0 Å². The number of carbonyl (C=O) groups excluding carboxylic acids is 1. The topological polar surface area (TPSA) is 62.6 Å². The molecule has 0 radical (unpaired) electrons. The second-order valence-corrected chi connectivity index (χ2v) is 9.45. The van der Waals surface area contributed by atoms with Gasteiger partial charge in [-0.3, -0.25) is 9.69 Å². The van der Waals surface area contributed by atoms with Gasteiger partial charge in [0.25, 0.3) is 5.91 Å². The van der Waals surface area contributed by atoms with Gasteiger partial charge >= 0.3 is 0 Å². The fourth-order valence-electron chi connectivity index (χ4n) is 3.69. The lowest BCUT2D eigenvalue weighted by Crippen LogP contribution is -2.28. The molecule has 5 nitrogen and oxygen atoms in total. The van der Waals surface area contributed by atoms with Crippen LogP contribution >= 0.6 is 24.0 Å². The standard InChI is InChI=1S/C27H22N2O3S2/c1-17-8-10-22(18(2)12-17)29-26(30)25(34-27(29)33)14-19-9-11-23(24(13-19)31-3)32-16-21-7-5-4-6-20(21)15-28/h4-14H,16H2,1-3H3. The lowest BCUT2D eigenvalue weighted by molar-refractivity contribution is -0.113. The highest BCUT2D eigenvalue weighted by atomic mass is 32.2. The number of methoxy groups -OCH3 is 1. The van der Waals surface area contributed by atoms with Crippen LogP contribution in [-0.2, 0) is 11.4 Å². The quantitative estimate of drug-likeness (QED) is 0.307. The number of nitriles is 1. The van der Waals surface area contributed by atoms with Gasteiger partial charge in [-0.2, -0.15) is 5.26 Å². The largest absolute Gasteiger partial charge is 0.493 e. The van der Waals surface area contributed by atoms with Gasteiger partial charge in [0.1, 0.15) is 6.61 Å². The van der Waals surface area contributed by atoms with E-state index in [9.17, 15) is 10.1 Å². The van der Waals surface area contributed by atoms with Crippen LogP contribution in [0.1, 0.15) is 27.8 Å². The molecule has 1 saturated heterocycles. The van der Waals surface area contributed by atoms with Crippen molar-refractivity contribution in [3.05, 3.63) is 93.4 Å². The van der Waals surface area contributed by atoms with Crippen LogP contribution in [-0.4, -0.2) is 17.3 Å².